The lowest BCUT2D eigenvalue weighted by Crippen LogP contribution is -2.37. The summed E-state index contributed by atoms with van der Waals surface area (Å²) in [6.07, 6.45) is 1.37. The maximum absolute atomic E-state index is 13.8. The Kier molecular flexibility index (Phi) is 5.65. The molecule has 3 aromatic rings. The summed E-state index contributed by atoms with van der Waals surface area (Å²) in [5.41, 5.74) is 3.85. The Bertz CT molecular complexity index is 1250. The van der Waals surface area contributed by atoms with E-state index in [0.29, 0.717) is 5.56 Å². The highest BCUT2D eigenvalue weighted by Gasteiger charge is 2.34. The molecule has 0 bridgehead atoms. The summed E-state index contributed by atoms with van der Waals surface area (Å²) >= 11 is 0.762. The van der Waals surface area contributed by atoms with Crippen molar-refractivity contribution in [2.45, 2.75) is 13.8 Å². The van der Waals surface area contributed by atoms with Crippen molar-refractivity contribution in [3.05, 3.63) is 75.6 Å². The van der Waals surface area contributed by atoms with Crippen LogP contribution in [0.3, 0.4) is 0 Å². The minimum atomic E-state index is -0.493. The van der Waals surface area contributed by atoms with Gasteiger partial charge in [-0.1, -0.05) is 18.2 Å². The fourth-order valence-electron chi connectivity index (χ4n) is 3.41. The Hall–Kier alpha value is -3.39. The third-order valence-corrected chi connectivity index (χ3v) is 6.16. The lowest BCUT2D eigenvalue weighted by molar-refractivity contribution is -0.122. The maximum atomic E-state index is 13.8. The molecule has 1 fully saturated rings. The van der Waals surface area contributed by atoms with Crippen molar-refractivity contribution in [2.24, 2.45) is 0 Å². The smallest absolute Gasteiger partial charge is 0.293 e. The van der Waals surface area contributed by atoms with Gasteiger partial charge < -0.3 is 10.3 Å². The number of fused-ring (bicyclic) bond motifs is 1. The monoisotopic (exact) mass is 437 g/mol. The van der Waals surface area contributed by atoms with E-state index in [4.69, 9.17) is 0 Å². The number of aryl methyl sites for hydroxylation is 2. The zero-order valence-corrected chi connectivity index (χ0v) is 17.8. The number of aromatic nitrogens is 1. The number of amides is 3. The van der Waals surface area contributed by atoms with Crippen LogP contribution in [0.25, 0.3) is 17.0 Å². The second kappa shape index (κ2) is 8.39. The van der Waals surface area contributed by atoms with Crippen molar-refractivity contribution in [2.75, 3.05) is 13.1 Å². The van der Waals surface area contributed by atoms with Gasteiger partial charge in [0.05, 0.1) is 4.91 Å². The van der Waals surface area contributed by atoms with Crippen LogP contribution in [0.2, 0.25) is 0 Å². The molecule has 0 atom stereocenters. The molecule has 0 aliphatic carbocycles. The van der Waals surface area contributed by atoms with Gasteiger partial charge in [0, 0.05) is 40.8 Å². The third-order valence-electron chi connectivity index (χ3n) is 5.26. The molecule has 158 valence electrons. The van der Waals surface area contributed by atoms with E-state index in [-0.39, 0.29) is 29.5 Å². The average Bonchev–Trinajstić information content (AvgIpc) is 3.18. The van der Waals surface area contributed by atoms with Gasteiger partial charge in [0.1, 0.15) is 5.82 Å². The number of thioether (sulfide) groups is 1. The Morgan fingerprint density at radius 3 is 2.74 bits per heavy atom. The highest BCUT2D eigenvalue weighted by Crippen LogP contribution is 2.32. The third kappa shape index (κ3) is 4.11. The van der Waals surface area contributed by atoms with E-state index < -0.39 is 17.0 Å². The van der Waals surface area contributed by atoms with Crippen LogP contribution in [0.5, 0.6) is 0 Å². The molecule has 2 heterocycles. The largest absolute Gasteiger partial charge is 0.358 e. The summed E-state index contributed by atoms with van der Waals surface area (Å²) in [5.74, 6) is -1.24. The fourth-order valence-corrected chi connectivity index (χ4v) is 4.27. The lowest BCUT2D eigenvalue weighted by Gasteiger charge is -2.13. The van der Waals surface area contributed by atoms with Crippen molar-refractivity contribution in [1.82, 2.24) is 15.2 Å². The topological polar surface area (TPSA) is 82.3 Å². The minimum absolute atomic E-state index is 0.0373. The quantitative estimate of drug-likeness (QED) is 0.580. The normalized spacial score (nSPS) is 15.3. The molecule has 6 nitrogen and oxygen atoms in total. The Morgan fingerprint density at radius 1 is 1.19 bits per heavy atom. The number of carbonyl (C=O) groups excluding carboxylic acids is 3. The van der Waals surface area contributed by atoms with Crippen molar-refractivity contribution in [1.29, 1.82) is 0 Å². The first-order valence-corrected chi connectivity index (χ1v) is 10.5. The first kappa shape index (κ1) is 20.9. The van der Waals surface area contributed by atoms with Gasteiger partial charge in [-0.3, -0.25) is 19.3 Å². The van der Waals surface area contributed by atoms with Gasteiger partial charge in [-0.15, -0.1) is 0 Å². The molecule has 1 saturated heterocycles. The fraction of sp³-hybridized carbons (Fsp3) is 0.174. The van der Waals surface area contributed by atoms with Crippen LogP contribution in [-0.4, -0.2) is 40.0 Å². The van der Waals surface area contributed by atoms with Crippen molar-refractivity contribution >= 4 is 45.8 Å². The molecule has 1 aliphatic rings. The van der Waals surface area contributed by atoms with Crippen molar-refractivity contribution < 1.29 is 18.8 Å². The van der Waals surface area contributed by atoms with Gasteiger partial charge in [-0.2, -0.15) is 0 Å². The highest BCUT2D eigenvalue weighted by molar-refractivity contribution is 8.18. The van der Waals surface area contributed by atoms with Gasteiger partial charge in [0.15, 0.2) is 0 Å². The predicted octanol–water partition coefficient (Wildman–Crippen LogP) is 4.39. The van der Waals surface area contributed by atoms with Crippen LogP contribution in [0, 0.1) is 19.7 Å². The predicted molar refractivity (Wildman–Crippen MR) is 119 cm³/mol. The Morgan fingerprint density at radius 2 is 1.97 bits per heavy atom. The number of nitrogens with one attached hydrogen (secondary N) is 2. The number of H-pyrrole nitrogens is 1. The molecule has 1 aliphatic heterocycles. The number of rotatable bonds is 5. The molecule has 0 saturated carbocycles. The molecule has 3 amide bonds. The number of imide groups is 1. The van der Waals surface area contributed by atoms with Gasteiger partial charge in [0.2, 0.25) is 0 Å². The standard InChI is InChI=1S/C23H20FN3O3S/c1-13-14(2)26-19-8-7-16(11-17(13)19)21(28)25-9-10-27-22(29)20(31-23(27)30)12-15-5-3-4-6-18(15)24/h3-8,11-12,26H,9-10H2,1-2H3,(H,25,28)/b20-12-. The van der Waals surface area contributed by atoms with Crippen LogP contribution >= 0.6 is 11.8 Å². The van der Waals surface area contributed by atoms with E-state index >= 15 is 0 Å². The molecule has 2 N–H and O–H groups in total. The highest BCUT2D eigenvalue weighted by atomic mass is 32.2. The van der Waals surface area contributed by atoms with Crippen molar-refractivity contribution in [3.8, 4) is 0 Å². The number of benzene rings is 2. The maximum Gasteiger partial charge on any atom is 0.293 e. The number of halogens is 1. The van der Waals surface area contributed by atoms with E-state index in [1.807, 2.05) is 26.0 Å². The zero-order valence-electron chi connectivity index (χ0n) is 17.0. The SMILES string of the molecule is Cc1[nH]c2ccc(C(=O)NCCN3C(=O)S/C(=C\c4ccccc4F)C3=O)cc2c1C. The second-order valence-electron chi connectivity index (χ2n) is 7.25. The molecular formula is C23H20FN3O3S. The molecule has 8 heteroatoms. The summed E-state index contributed by atoms with van der Waals surface area (Å²) < 4.78 is 13.8. The van der Waals surface area contributed by atoms with E-state index in [9.17, 15) is 18.8 Å². The van der Waals surface area contributed by atoms with Crippen molar-refractivity contribution in [3.63, 3.8) is 0 Å². The van der Waals surface area contributed by atoms with Crippen LogP contribution in [0.15, 0.2) is 47.4 Å². The van der Waals surface area contributed by atoms with E-state index in [0.717, 1.165) is 38.8 Å². The molecule has 0 spiro atoms. The van der Waals surface area contributed by atoms with Gasteiger partial charge >= 0.3 is 0 Å². The first-order valence-electron chi connectivity index (χ1n) is 9.72. The molecule has 0 radical (unpaired) electrons. The van der Waals surface area contributed by atoms with Gasteiger partial charge in [-0.05, 0) is 61.5 Å². The summed E-state index contributed by atoms with van der Waals surface area (Å²) in [6.45, 7) is 4.12. The van der Waals surface area contributed by atoms with Crippen LogP contribution in [0.4, 0.5) is 9.18 Å². The van der Waals surface area contributed by atoms with E-state index in [1.165, 1.54) is 18.2 Å². The lowest BCUT2D eigenvalue weighted by atomic mass is 10.1. The Labute approximate surface area is 182 Å². The molecule has 31 heavy (non-hydrogen) atoms. The second-order valence-corrected chi connectivity index (χ2v) is 8.24. The summed E-state index contributed by atoms with van der Waals surface area (Å²) in [4.78, 5) is 41.8. The molecule has 1 aromatic heterocycles. The van der Waals surface area contributed by atoms with E-state index in [1.54, 1.807) is 18.2 Å². The van der Waals surface area contributed by atoms with Gasteiger partial charge in [0.25, 0.3) is 17.1 Å². The summed E-state index contributed by atoms with van der Waals surface area (Å²) in [7, 11) is 0. The molecule has 4 rings (SSSR count). The summed E-state index contributed by atoms with van der Waals surface area (Å²) in [5, 5.41) is 3.29. The average molecular weight is 437 g/mol. The number of carbonyl (C=O) groups is 3. The molecule has 2 aromatic carbocycles. The summed E-state index contributed by atoms with van der Waals surface area (Å²) in [6, 6.07) is 11.4. The number of hydrogen-bond acceptors (Lipinski definition) is 4. The van der Waals surface area contributed by atoms with Gasteiger partial charge in [-0.25, -0.2) is 4.39 Å². The minimum Gasteiger partial charge on any atom is -0.358 e. The van der Waals surface area contributed by atoms with E-state index in [2.05, 4.69) is 10.3 Å². The van der Waals surface area contributed by atoms with Crippen LogP contribution in [-0.2, 0) is 4.79 Å². The van der Waals surface area contributed by atoms with Crippen LogP contribution < -0.4 is 5.32 Å². The molecule has 0 unspecified atom stereocenters. The van der Waals surface area contributed by atoms with Crippen LogP contribution in [0.1, 0.15) is 27.2 Å². The number of nitrogens with zero attached hydrogens (tertiary/aromatic N) is 1. The molecular weight excluding hydrogens is 417 g/mol. The number of hydrogen-bond donors (Lipinski definition) is 2. The first-order chi connectivity index (χ1) is 14.8. The Balaban J connectivity index is 1.40. The number of aromatic amines is 1. The zero-order chi connectivity index (χ0) is 22.1.